The number of piperidine rings is 1. The Balaban J connectivity index is 1.17. The standard InChI is InChI=1S/C21H24N2O3S/c24-21(6-4-16-3-5-18-19(14-16)26-15-25-18)22-9-12-23-10-7-17(8-11-23)20-2-1-13-27-20/h1-6,13-14,17H,7-12,15H2,(H,22,24)/b6-4+. The van der Waals surface area contributed by atoms with Crippen LogP contribution in [-0.2, 0) is 4.79 Å². The molecule has 4 rings (SSSR count). The van der Waals surface area contributed by atoms with E-state index in [1.165, 1.54) is 17.7 Å². The van der Waals surface area contributed by atoms with Crippen LogP contribution in [0.5, 0.6) is 11.5 Å². The largest absolute Gasteiger partial charge is 0.454 e. The van der Waals surface area contributed by atoms with Crippen LogP contribution >= 0.6 is 11.3 Å². The van der Waals surface area contributed by atoms with E-state index in [1.807, 2.05) is 29.5 Å². The third-order valence-electron chi connectivity index (χ3n) is 5.08. The first-order chi connectivity index (χ1) is 13.3. The van der Waals surface area contributed by atoms with Crippen molar-refractivity contribution in [3.63, 3.8) is 0 Å². The summed E-state index contributed by atoms with van der Waals surface area (Å²) in [5.41, 5.74) is 0.921. The maximum atomic E-state index is 12.0. The maximum absolute atomic E-state index is 12.0. The van der Waals surface area contributed by atoms with Gasteiger partial charge < -0.3 is 19.7 Å². The second-order valence-corrected chi connectivity index (χ2v) is 7.85. The minimum atomic E-state index is -0.0684. The second kappa shape index (κ2) is 8.59. The Hall–Kier alpha value is -2.31. The molecule has 1 saturated heterocycles. The lowest BCUT2D eigenvalue weighted by atomic mass is 9.95. The fraction of sp³-hybridized carbons (Fsp3) is 0.381. The minimum absolute atomic E-state index is 0.0684. The van der Waals surface area contributed by atoms with Crippen molar-refractivity contribution < 1.29 is 14.3 Å². The summed E-state index contributed by atoms with van der Waals surface area (Å²) in [6.45, 7) is 4.04. The van der Waals surface area contributed by atoms with Crippen LogP contribution in [0, 0.1) is 0 Å². The summed E-state index contributed by atoms with van der Waals surface area (Å²) < 4.78 is 10.6. The highest BCUT2D eigenvalue weighted by Crippen LogP contribution is 2.33. The van der Waals surface area contributed by atoms with Gasteiger partial charge in [-0.1, -0.05) is 12.1 Å². The molecule has 0 aliphatic carbocycles. The molecule has 0 bridgehead atoms. The molecule has 1 amide bonds. The first kappa shape index (κ1) is 18.1. The quantitative estimate of drug-likeness (QED) is 0.775. The summed E-state index contributed by atoms with van der Waals surface area (Å²) >= 11 is 1.86. The smallest absolute Gasteiger partial charge is 0.244 e. The van der Waals surface area contributed by atoms with E-state index < -0.39 is 0 Å². The third kappa shape index (κ3) is 4.70. The number of carbonyl (C=O) groups excluding carboxylic acids is 1. The molecule has 1 N–H and O–H groups in total. The van der Waals surface area contributed by atoms with Gasteiger partial charge in [0.05, 0.1) is 0 Å². The first-order valence-electron chi connectivity index (χ1n) is 9.39. The Morgan fingerprint density at radius 3 is 2.89 bits per heavy atom. The van der Waals surface area contributed by atoms with Gasteiger partial charge in [0.2, 0.25) is 12.7 Å². The van der Waals surface area contributed by atoms with Crippen molar-refractivity contribution in [3.05, 3.63) is 52.2 Å². The van der Waals surface area contributed by atoms with Crippen LogP contribution in [0.25, 0.3) is 6.08 Å². The molecule has 0 saturated carbocycles. The maximum Gasteiger partial charge on any atom is 0.244 e. The van der Waals surface area contributed by atoms with Crippen LogP contribution in [0.1, 0.15) is 29.2 Å². The number of hydrogen-bond donors (Lipinski definition) is 1. The zero-order valence-electron chi connectivity index (χ0n) is 15.2. The Labute approximate surface area is 163 Å². The van der Waals surface area contributed by atoms with Crippen molar-refractivity contribution in [2.75, 3.05) is 33.0 Å². The fourth-order valence-corrected chi connectivity index (χ4v) is 4.45. The molecular weight excluding hydrogens is 360 g/mol. The summed E-state index contributed by atoms with van der Waals surface area (Å²) in [5.74, 6) is 2.12. The molecule has 2 aromatic rings. The van der Waals surface area contributed by atoms with Crippen molar-refractivity contribution in [2.45, 2.75) is 18.8 Å². The predicted octanol–water partition coefficient (Wildman–Crippen LogP) is 3.49. The van der Waals surface area contributed by atoms with E-state index in [1.54, 1.807) is 12.2 Å². The summed E-state index contributed by atoms with van der Waals surface area (Å²) in [4.78, 5) is 16.0. The lowest BCUT2D eigenvalue weighted by Gasteiger charge is -2.31. The molecule has 6 heteroatoms. The molecule has 0 atom stereocenters. The number of hydrogen-bond acceptors (Lipinski definition) is 5. The van der Waals surface area contributed by atoms with Gasteiger partial charge in [-0.15, -0.1) is 11.3 Å². The van der Waals surface area contributed by atoms with Crippen LogP contribution < -0.4 is 14.8 Å². The predicted molar refractivity (Wildman–Crippen MR) is 107 cm³/mol. The zero-order valence-corrected chi connectivity index (χ0v) is 16.0. The lowest BCUT2D eigenvalue weighted by Crippen LogP contribution is -2.38. The van der Waals surface area contributed by atoms with Gasteiger partial charge in [-0.2, -0.15) is 0 Å². The number of carbonyl (C=O) groups is 1. The number of nitrogens with zero attached hydrogens (tertiary/aromatic N) is 1. The average molecular weight is 385 g/mol. The molecule has 2 aliphatic heterocycles. The second-order valence-electron chi connectivity index (χ2n) is 6.87. The molecule has 0 radical (unpaired) electrons. The van der Waals surface area contributed by atoms with E-state index in [0.29, 0.717) is 12.5 Å². The summed E-state index contributed by atoms with van der Waals surface area (Å²) in [6.07, 6.45) is 5.78. The average Bonchev–Trinajstić information content (AvgIpc) is 3.38. The Morgan fingerprint density at radius 2 is 2.07 bits per heavy atom. The van der Waals surface area contributed by atoms with Crippen molar-refractivity contribution in [1.82, 2.24) is 10.2 Å². The molecule has 0 spiro atoms. The molecule has 3 heterocycles. The van der Waals surface area contributed by atoms with Crippen molar-refractivity contribution >= 4 is 23.3 Å². The number of thiophene rings is 1. The highest BCUT2D eigenvalue weighted by atomic mass is 32.1. The van der Waals surface area contributed by atoms with Gasteiger partial charge in [0, 0.05) is 24.0 Å². The molecule has 5 nitrogen and oxygen atoms in total. The molecule has 1 aromatic carbocycles. The van der Waals surface area contributed by atoms with E-state index in [9.17, 15) is 4.79 Å². The van der Waals surface area contributed by atoms with E-state index in [2.05, 4.69) is 27.7 Å². The number of fused-ring (bicyclic) bond motifs is 1. The molecular formula is C21H24N2O3S. The normalized spacial score (nSPS) is 17.5. The van der Waals surface area contributed by atoms with Gasteiger partial charge in [-0.05, 0) is 67.1 Å². The van der Waals surface area contributed by atoms with Crippen LogP contribution in [0.15, 0.2) is 41.8 Å². The van der Waals surface area contributed by atoms with Crippen LogP contribution in [0.4, 0.5) is 0 Å². The highest BCUT2D eigenvalue weighted by molar-refractivity contribution is 7.10. The van der Waals surface area contributed by atoms with Gasteiger partial charge in [-0.3, -0.25) is 4.79 Å². The fourth-order valence-electron chi connectivity index (χ4n) is 3.55. The number of likely N-dealkylation sites (tertiary alicyclic amines) is 1. The Bertz CT molecular complexity index is 796. The molecule has 1 aromatic heterocycles. The van der Waals surface area contributed by atoms with Gasteiger partial charge in [0.15, 0.2) is 11.5 Å². The van der Waals surface area contributed by atoms with E-state index in [4.69, 9.17) is 9.47 Å². The van der Waals surface area contributed by atoms with Crippen LogP contribution in [0.2, 0.25) is 0 Å². The minimum Gasteiger partial charge on any atom is -0.454 e. The number of rotatable bonds is 6. The summed E-state index contributed by atoms with van der Waals surface area (Å²) in [5, 5.41) is 5.13. The number of amides is 1. The molecule has 2 aliphatic rings. The van der Waals surface area contributed by atoms with Crippen LogP contribution in [0.3, 0.4) is 0 Å². The van der Waals surface area contributed by atoms with Crippen molar-refractivity contribution in [1.29, 1.82) is 0 Å². The Kier molecular flexibility index (Phi) is 5.75. The molecule has 0 unspecified atom stereocenters. The third-order valence-corrected chi connectivity index (χ3v) is 6.12. The number of benzene rings is 1. The first-order valence-corrected chi connectivity index (χ1v) is 10.3. The SMILES string of the molecule is O=C(/C=C/c1ccc2c(c1)OCO2)NCCN1CCC(c2cccs2)CC1. The van der Waals surface area contributed by atoms with Crippen LogP contribution in [-0.4, -0.2) is 43.8 Å². The Morgan fingerprint density at radius 1 is 1.22 bits per heavy atom. The molecule has 142 valence electrons. The lowest BCUT2D eigenvalue weighted by molar-refractivity contribution is -0.116. The monoisotopic (exact) mass is 384 g/mol. The van der Waals surface area contributed by atoms with Gasteiger partial charge in [0.1, 0.15) is 0 Å². The van der Waals surface area contributed by atoms with E-state index in [-0.39, 0.29) is 12.7 Å². The van der Waals surface area contributed by atoms with E-state index in [0.717, 1.165) is 36.7 Å². The zero-order chi connectivity index (χ0) is 18.5. The van der Waals surface area contributed by atoms with Gasteiger partial charge in [0.25, 0.3) is 0 Å². The highest BCUT2D eigenvalue weighted by Gasteiger charge is 2.20. The van der Waals surface area contributed by atoms with Gasteiger partial charge in [-0.25, -0.2) is 0 Å². The van der Waals surface area contributed by atoms with Crippen molar-refractivity contribution in [3.8, 4) is 11.5 Å². The number of ether oxygens (including phenoxy) is 2. The summed E-state index contributed by atoms with van der Waals surface area (Å²) in [6, 6.07) is 10.0. The summed E-state index contributed by atoms with van der Waals surface area (Å²) in [7, 11) is 0. The molecule has 1 fully saturated rings. The van der Waals surface area contributed by atoms with Crippen molar-refractivity contribution in [2.24, 2.45) is 0 Å². The van der Waals surface area contributed by atoms with Gasteiger partial charge >= 0.3 is 0 Å². The topological polar surface area (TPSA) is 50.8 Å². The number of nitrogens with one attached hydrogen (secondary N) is 1. The molecule has 27 heavy (non-hydrogen) atoms. The van der Waals surface area contributed by atoms with E-state index >= 15 is 0 Å².